The highest BCUT2D eigenvalue weighted by Gasteiger charge is 2.53. The van der Waals surface area contributed by atoms with Crippen LogP contribution in [-0.2, 0) is 19.9 Å². The van der Waals surface area contributed by atoms with Crippen LogP contribution in [0.1, 0.15) is 17.0 Å². The molecule has 0 N–H and O–H groups in total. The number of ether oxygens (including phenoxy) is 2. The van der Waals surface area contributed by atoms with Crippen LogP contribution in [-0.4, -0.2) is 20.2 Å². The number of esters is 1. The van der Waals surface area contributed by atoms with Gasteiger partial charge in [-0.2, -0.15) is 0 Å². The molecule has 1 aliphatic rings. The highest BCUT2D eigenvalue weighted by Crippen LogP contribution is 2.51. The maximum Gasteiger partial charge on any atom is 0.315 e. The smallest absolute Gasteiger partial charge is 0.315 e. The first-order chi connectivity index (χ1) is 11.2. The van der Waals surface area contributed by atoms with Crippen molar-refractivity contribution in [2.24, 2.45) is 5.92 Å². The first kappa shape index (κ1) is 15.5. The first-order valence-electron chi connectivity index (χ1n) is 7.65. The van der Waals surface area contributed by atoms with Gasteiger partial charge in [0.15, 0.2) is 0 Å². The number of hydrogen-bond acceptors (Lipinski definition) is 3. The number of rotatable bonds is 4. The van der Waals surface area contributed by atoms with Crippen molar-refractivity contribution in [1.29, 1.82) is 0 Å². The minimum absolute atomic E-state index is 0.0554. The third-order valence-electron chi connectivity index (χ3n) is 4.60. The van der Waals surface area contributed by atoms with E-state index in [1.54, 1.807) is 7.11 Å². The molecule has 0 bridgehead atoms. The van der Waals surface area contributed by atoms with Crippen LogP contribution in [0.15, 0.2) is 72.8 Å². The second-order valence-electron chi connectivity index (χ2n) is 5.64. The van der Waals surface area contributed by atoms with Gasteiger partial charge in [0, 0.05) is 13.0 Å². The highest BCUT2D eigenvalue weighted by atomic mass is 16.5. The Morgan fingerprint density at radius 1 is 0.913 bits per heavy atom. The van der Waals surface area contributed by atoms with Crippen molar-refractivity contribution < 1.29 is 14.3 Å². The molecule has 3 atom stereocenters. The molecule has 0 heterocycles. The van der Waals surface area contributed by atoms with Gasteiger partial charge in [-0.3, -0.25) is 4.79 Å². The maximum atomic E-state index is 12.4. The Hall–Kier alpha value is -2.39. The van der Waals surface area contributed by atoms with E-state index in [-0.39, 0.29) is 11.9 Å². The van der Waals surface area contributed by atoms with E-state index in [2.05, 4.69) is 12.1 Å². The third kappa shape index (κ3) is 2.47. The predicted octanol–water partition coefficient (Wildman–Crippen LogP) is 3.67. The van der Waals surface area contributed by atoms with E-state index in [1.165, 1.54) is 7.11 Å². The van der Waals surface area contributed by atoms with Crippen molar-refractivity contribution in [2.45, 2.75) is 11.5 Å². The van der Waals surface area contributed by atoms with Crippen molar-refractivity contribution in [3.8, 4) is 0 Å². The average Bonchev–Trinajstić information content (AvgIpc) is 3.03. The van der Waals surface area contributed by atoms with Gasteiger partial charge < -0.3 is 9.47 Å². The van der Waals surface area contributed by atoms with Gasteiger partial charge in [0.25, 0.3) is 0 Å². The van der Waals surface area contributed by atoms with Gasteiger partial charge in [0.1, 0.15) is 11.5 Å². The number of carbonyl (C=O) groups is 1. The standard InChI is InChI=1S/C20H20O3/c1-22-19(21)18-14-13-17(15-9-5-3-6-10-15)20(18,23-2)16-11-7-4-8-12-16/h3-14,17-18H,1-2H3/t17-,18+,20-/m1/s1. The summed E-state index contributed by atoms with van der Waals surface area (Å²) in [5.74, 6) is -0.823. The monoisotopic (exact) mass is 308 g/mol. The SMILES string of the molecule is COC(=O)[C@@H]1C=C[C@H](c2ccccc2)[C@]1(OC)c1ccccc1. The van der Waals surface area contributed by atoms with E-state index in [0.29, 0.717) is 0 Å². The molecule has 3 nitrogen and oxygen atoms in total. The molecule has 0 aromatic heterocycles. The van der Waals surface area contributed by atoms with Gasteiger partial charge in [0.2, 0.25) is 0 Å². The lowest BCUT2D eigenvalue weighted by Gasteiger charge is -2.39. The highest BCUT2D eigenvalue weighted by molar-refractivity contribution is 5.78. The minimum atomic E-state index is -0.796. The zero-order valence-electron chi connectivity index (χ0n) is 13.3. The molecule has 0 amide bonds. The fourth-order valence-electron chi connectivity index (χ4n) is 3.53. The van der Waals surface area contributed by atoms with E-state index >= 15 is 0 Å². The van der Waals surface area contributed by atoms with Crippen molar-refractivity contribution >= 4 is 5.97 Å². The normalized spacial score (nSPS) is 26.2. The lowest BCUT2D eigenvalue weighted by molar-refractivity contribution is -0.155. The van der Waals surface area contributed by atoms with Crippen LogP contribution in [0.5, 0.6) is 0 Å². The zero-order valence-corrected chi connectivity index (χ0v) is 13.3. The van der Waals surface area contributed by atoms with E-state index < -0.39 is 11.5 Å². The van der Waals surface area contributed by atoms with Crippen LogP contribution in [0.3, 0.4) is 0 Å². The molecular weight excluding hydrogens is 288 g/mol. The Kier molecular flexibility index (Phi) is 4.30. The molecule has 2 aromatic rings. The van der Waals surface area contributed by atoms with Gasteiger partial charge in [-0.15, -0.1) is 0 Å². The molecule has 0 saturated heterocycles. The largest absolute Gasteiger partial charge is 0.468 e. The molecule has 118 valence electrons. The molecular formula is C20H20O3. The number of methoxy groups -OCH3 is 2. The predicted molar refractivity (Wildman–Crippen MR) is 89.0 cm³/mol. The van der Waals surface area contributed by atoms with Crippen molar-refractivity contribution in [3.63, 3.8) is 0 Å². The van der Waals surface area contributed by atoms with Crippen LogP contribution < -0.4 is 0 Å². The quantitative estimate of drug-likeness (QED) is 0.638. The molecule has 0 aliphatic heterocycles. The summed E-state index contributed by atoms with van der Waals surface area (Å²) in [4.78, 5) is 12.4. The Labute approximate surface area is 136 Å². The topological polar surface area (TPSA) is 35.5 Å². The van der Waals surface area contributed by atoms with Gasteiger partial charge >= 0.3 is 5.97 Å². The number of hydrogen-bond donors (Lipinski definition) is 0. The fraction of sp³-hybridized carbons (Fsp3) is 0.250. The van der Waals surface area contributed by atoms with Gasteiger partial charge in [-0.25, -0.2) is 0 Å². The van der Waals surface area contributed by atoms with E-state index in [4.69, 9.17) is 9.47 Å². The summed E-state index contributed by atoms with van der Waals surface area (Å²) in [5.41, 5.74) is 1.29. The van der Waals surface area contributed by atoms with Gasteiger partial charge in [-0.05, 0) is 11.1 Å². The van der Waals surface area contributed by atoms with Gasteiger partial charge in [-0.1, -0.05) is 72.8 Å². The molecule has 0 radical (unpaired) electrons. The molecule has 0 fully saturated rings. The lowest BCUT2D eigenvalue weighted by Crippen LogP contribution is -2.42. The molecule has 0 unspecified atom stereocenters. The summed E-state index contributed by atoms with van der Waals surface area (Å²) < 4.78 is 11.1. The Bertz CT molecular complexity index is 693. The zero-order chi connectivity index (χ0) is 16.3. The second kappa shape index (κ2) is 6.39. The summed E-state index contributed by atoms with van der Waals surface area (Å²) in [6.07, 6.45) is 3.95. The Morgan fingerprint density at radius 3 is 2.09 bits per heavy atom. The van der Waals surface area contributed by atoms with Crippen molar-refractivity contribution in [3.05, 3.63) is 83.9 Å². The van der Waals surface area contributed by atoms with E-state index in [0.717, 1.165) is 11.1 Å². The summed E-state index contributed by atoms with van der Waals surface area (Å²) in [7, 11) is 3.07. The van der Waals surface area contributed by atoms with Crippen molar-refractivity contribution in [2.75, 3.05) is 14.2 Å². The number of benzene rings is 2. The molecule has 0 saturated carbocycles. The van der Waals surface area contributed by atoms with Crippen LogP contribution in [0.4, 0.5) is 0 Å². The Balaban J connectivity index is 2.17. The molecule has 2 aromatic carbocycles. The first-order valence-corrected chi connectivity index (χ1v) is 7.65. The van der Waals surface area contributed by atoms with Crippen LogP contribution in [0, 0.1) is 5.92 Å². The van der Waals surface area contributed by atoms with Gasteiger partial charge in [0.05, 0.1) is 7.11 Å². The summed E-state index contributed by atoms with van der Waals surface area (Å²) in [6, 6.07) is 20.0. The molecule has 3 rings (SSSR count). The molecule has 0 spiro atoms. The van der Waals surface area contributed by atoms with Crippen LogP contribution in [0.25, 0.3) is 0 Å². The molecule has 1 aliphatic carbocycles. The number of carbonyl (C=O) groups excluding carboxylic acids is 1. The fourth-order valence-corrected chi connectivity index (χ4v) is 3.53. The van der Waals surface area contributed by atoms with Crippen LogP contribution >= 0.6 is 0 Å². The lowest BCUT2D eigenvalue weighted by atomic mass is 9.74. The van der Waals surface area contributed by atoms with E-state index in [1.807, 2.05) is 60.7 Å². The second-order valence-corrected chi connectivity index (χ2v) is 5.64. The summed E-state index contributed by atoms with van der Waals surface area (Å²) in [6.45, 7) is 0. The third-order valence-corrected chi connectivity index (χ3v) is 4.60. The van der Waals surface area contributed by atoms with Crippen molar-refractivity contribution in [1.82, 2.24) is 0 Å². The minimum Gasteiger partial charge on any atom is -0.468 e. The summed E-state index contributed by atoms with van der Waals surface area (Å²) in [5, 5.41) is 0. The maximum absolute atomic E-state index is 12.4. The summed E-state index contributed by atoms with van der Waals surface area (Å²) >= 11 is 0. The molecule has 3 heteroatoms. The van der Waals surface area contributed by atoms with Crippen LogP contribution in [0.2, 0.25) is 0 Å². The average molecular weight is 308 g/mol. The Morgan fingerprint density at radius 2 is 1.52 bits per heavy atom. The molecule has 23 heavy (non-hydrogen) atoms. The van der Waals surface area contributed by atoms with E-state index in [9.17, 15) is 4.79 Å².